The van der Waals surface area contributed by atoms with Gasteiger partial charge in [-0.1, -0.05) is 0 Å². The Hall–Kier alpha value is -1.82. The highest BCUT2D eigenvalue weighted by molar-refractivity contribution is 5.67. The van der Waals surface area contributed by atoms with Crippen LogP contribution in [0.4, 0.5) is 10.5 Å². The molecule has 6 nitrogen and oxygen atoms in total. The second kappa shape index (κ2) is 7.83. The summed E-state index contributed by atoms with van der Waals surface area (Å²) >= 11 is 0. The van der Waals surface area contributed by atoms with Gasteiger partial charge in [0.05, 0.1) is 0 Å². The molecule has 0 atom stereocenters. The van der Waals surface area contributed by atoms with E-state index >= 15 is 0 Å². The molecule has 6 heteroatoms. The molecule has 0 aromatic carbocycles. The Balaban J connectivity index is 1.72. The smallest absolute Gasteiger partial charge is 0.407 e. The molecule has 1 aromatic rings. The van der Waals surface area contributed by atoms with Crippen molar-refractivity contribution in [3.8, 4) is 0 Å². The minimum absolute atomic E-state index is 0.344. The number of aryl methyl sites for hydroxylation is 2. The fraction of sp³-hybridized carbons (Fsp3) is 0.667. The third kappa shape index (κ3) is 6.00. The monoisotopic (exact) mass is 334 g/mol. The minimum atomic E-state index is -0.448. The first-order valence-electron chi connectivity index (χ1n) is 8.62. The van der Waals surface area contributed by atoms with E-state index in [2.05, 4.69) is 32.2 Å². The maximum absolute atomic E-state index is 11.6. The number of nitrogens with zero attached hydrogens (tertiary/aromatic N) is 3. The fourth-order valence-electron chi connectivity index (χ4n) is 2.85. The van der Waals surface area contributed by atoms with Crippen LogP contribution in [0.5, 0.6) is 0 Å². The van der Waals surface area contributed by atoms with Gasteiger partial charge in [-0.15, -0.1) is 0 Å². The molecule has 1 aromatic heterocycles. The van der Waals surface area contributed by atoms with Crippen molar-refractivity contribution in [1.29, 1.82) is 0 Å². The fourth-order valence-corrected chi connectivity index (χ4v) is 2.85. The van der Waals surface area contributed by atoms with Crippen LogP contribution in [0.15, 0.2) is 12.1 Å². The molecule has 1 amide bonds. The molecule has 2 rings (SSSR count). The number of amides is 1. The number of hydrogen-bond acceptors (Lipinski definition) is 5. The summed E-state index contributed by atoms with van der Waals surface area (Å²) in [7, 11) is 0. The van der Waals surface area contributed by atoms with Crippen LogP contribution in [0.2, 0.25) is 0 Å². The normalized spacial score (nSPS) is 16.1. The highest BCUT2D eigenvalue weighted by Gasteiger charge is 2.19. The van der Waals surface area contributed by atoms with E-state index in [0.717, 1.165) is 44.1 Å². The summed E-state index contributed by atoms with van der Waals surface area (Å²) in [5, 5.41) is 2.82. The van der Waals surface area contributed by atoms with Gasteiger partial charge in [0.1, 0.15) is 5.60 Å². The molecule has 1 fully saturated rings. The first kappa shape index (κ1) is 18.5. The predicted octanol–water partition coefficient (Wildman–Crippen LogP) is 2.35. The lowest BCUT2D eigenvalue weighted by molar-refractivity contribution is 0.0521. The summed E-state index contributed by atoms with van der Waals surface area (Å²) in [4.78, 5) is 20.8. The number of nitrogens with one attached hydrogen (secondary N) is 1. The van der Waals surface area contributed by atoms with Crippen LogP contribution in [-0.2, 0) is 4.74 Å². The third-order valence-electron chi connectivity index (χ3n) is 3.90. The molecule has 2 heterocycles. The Kier molecular flexibility index (Phi) is 6.04. The summed E-state index contributed by atoms with van der Waals surface area (Å²) in [6.07, 6.45) is -0.344. The largest absolute Gasteiger partial charge is 0.444 e. The quantitative estimate of drug-likeness (QED) is 0.916. The lowest BCUT2D eigenvalue weighted by atomic mass is 10.2. The number of piperazine rings is 1. The van der Waals surface area contributed by atoms with Crippen LogP contribution < -0.4 is 10.2 Å². The number of rotatable bonds is 4. The van der Waals surface area contributed by atoms with Gasteiger partial charge < -0.3 is 15.0 Å². The topological polar surface area (TPSA) is 57.7 Å². The molecule has 134 valence electrons. The van der Waals surface area contributed by atoms with Crippen LogP contribution in [0.1, 0.15) is 32.2 Å². The van der Waals surface area contributed by atoms with E-state index in [4.69, 9.17) is 4.74 Å². The first-order valence-corrected chi connectivity index (χ1v) is 8.62. The molecule has 1 saturated heterocycles. The molecule has 0 unspecified atom stereocenters. The molecule has 0 saturated carbocycles. The number of ether oxygens (including phenoxy) is 1. The Bertz CT molecular complexity index is 540. The third-order valence-corrected chi connectivity index (χ3v) is 3.90. The van der Waals surface area contributed by atoms with Crippen LogP contribution in [0.25, 0.3) is 0 Å². The SMILES string of the molecule is Cc1cc(N2CCN(CCNC(=O)OC(C)(C)C)CC2)cc(C)n1. The predicted molar refractivity (Wildman–Crippen MR) is 96.6 cm³/mol. The van der Waals surface area contributed by atoms with Crippen LogP contribution in [-0.4, -0.2) is 60.8 Å². The van der Waals surface area contributed by atoms with Gasteiger partial charge in [-0.2, -0.15) is 0 Å². The lowest BCUT2D eigenvalue weighted by Gasteiger charge is -2.36. The van der Waals surface area contributed by atoms with Gasteiger partial charge in [-0.05, 0) is 46.8 Å². The Morgan fingerprint density at radius 3 is 2.29 bits per heavy atom. The van der Waals surface area contributed by atoms with E-state index in [9.17, 15) is 4.79 Å². The maximum atomic E-state index is 11.6. The Morgan fingerprint density at radius 2 is 1.75 bits per heavy atom. The van der Waals surface area contributed by atoms with E-state index < -0.39 is 5.60 Å². The van der Waals surface area contributed by atoms with Gasteiger partial charge in [0.2, 0.25) is 0 Å². The molecule has 1 aliphatic heterocycles. The van der Waals surface area contributed by atoms with Crippen LogP contribution in [0, 0.1) is 13.8 Å². The summed E-state index contributed by atoms with van der Waals surface area (Å²) in [6, 6.07) is 4.29. The highest BCUT2D eigenvalue weighted by Crippen LogP contribution is 2.18. The number of carbonyl (C=O) groups excluding carboxylic acids is 1. The summed E-state index contributed by atoms with van der Waals surface area (Å²) < 4.78 is 5.24. The first-order chi connectivity index (χ1) is 11.2. The summed E-state index contributed by atoms with van der Waals surface area (Å²) in [5.41, 5.74) is 2.94. The van der Waals surface area contributed by atoms with Gasteiger partial charge in [-0.25, -0.2) is 4.79 Å². The van der Waals surface area contributed by atoms with Gasteiger partial charge in [-0.3, -0.25) is 9.88 Å². The zero-order valence-corrected chi connectivity index (χ0v) is 15.6. The summed E-state index contributed by atoms with van der Waals surface area (Å²) in [5.74, 6) is 0. The van der Waals surface area contributed by atoms with Gasteiger partial charge in [0.15, 0.2) is 0 Å². The maximum Gasteiger partial charge on any atom is 0.407 e. The Labute approximate surface area is 145 Å². The van der Waals surface area contributed by atoms with Crippen molar-refractivity contribution in [3.05, 3.63) is 23.5 Å². The second-order valence-corrected chi connectivity index (χ2v) is 7.37. The molecule has 24 heavy (non-hydrogen) atoms. The molecular weight excluding hydrogens is 304 g/mol. The van der Waals surface area contributed by atoms with E-state index in [1.807, 2.05) is 34.6 Å². The number of aromatic nitrogens is 1. The molecule has 0 spiro atoms. The van der Waals surface area contributed by atoms with Crippen molar-refractivity contribution >= 4 is 11.8 Å². The van der Waals surface area contributed by atoms with E-state index in [1.165, 1.54) is 5.69 Å². The van der Waals surface area contributed by atoms with Crippen molar-refractivity contribution < 1.29 is 9.53 Å². The van der Waals surface area contributed by atoms with Crippen molar-refractivity contribution in [2.75, 3.05) is 44.2 Å². The molecule has 0 bridgehead atoms. The van der Waals surface area contributed by atoms with Gasteiger partial charge >= 0.3 is 6.09 Å². The molecular formula is C18H30N4O2. The van der Waals surface area contributed by atoms with Gasteiger partial charge in [0.25, 0.3) is 0 Å². The average Bonchev–Trinajstić information content (AvgIpc) is 2.45. The molecule has 1 N–H and O–H groups in total. The summed E-state index contributed by atoms with van der Waals surface area (Å²) in [6.45, 7) is 15.1. The van der Waals surface area contributed by atoms with E-state index in [0.29, 0.717) is 6.54 Å². The zero-order chi connectivity index (χ0) is 17.7. The van der Waals surface area contributed by atoms with E-state index in [1.54, 1.807) is 0 Å². The molecule has 0 aliphatic carbocycles. The second-order valence-electron chi connectivity index (χ2n) is 7.37. The van der Waals surface area contributed by atoms with Crippen molar-refractivity contribution in [3.63, 3.8) is 0 Å². The highest BCUT2D eigenvalue weighted by atomic mass is 16.6. The average molecular weight is 334 g/mol. The molecule has 0 radical (unpaired) electrons. The van der Waals surface area contributed by atoms with Gasteiger partial charge in [0, 0.05) is 56.3 Å². The number of carbonyl (C=O) groups is 1. The lowest BCUT2D eigenvalue weighted by Crippen LogP contribution is -2.48. The van der Waals surface area contributed by atoms with Crippen molar-refractivity contribution in [2.24, 2.45) is 0 Å². The van der Waals surface area contributed by atoms with E-state index in [-0.39, 0.29) is 6.09 Å². The Morgan fingerprint density at radius 1 is 1.17 bits per heavy atom. The number of alkyl carbamates (subject to hydrolysis) is 1. The number of pyridine rings is 1. The minimum Gasteiger partial charge on any atom is -0.444 e. The van der Waals surface area contributed by atoms with Crippen molar-refractivity contribution in [2.45, 2.75) is 40.2 Å². The number of hydrogen-bond donors (Lipinski definition) is 1. The van der Waals surface area contributed by atoms with Crippen LogP contribution >= 0.6 is 0 Å². The standard InChI is InChI=1S/C18H30N4O2/c1-14-12-16(13-15(2)20-14)22-10-8-21(9-11-22)7-6-19-17(23)24-18(3,4)5/h12-13H,6-11H2,1-5H3,(H,19,23). The zero-order valence-electron chi connectivity index (χ0n) is 15.6. The number of anilines is 1. The van der Waals surface area contributed by atoms with Crippen molar-refractivity contribution in [1.82, 2.24) is 15.2 Å². The van der Waals surface area contributed by atoms with Crippen LogP contribution in [0.3, 0.4) is 0 Å². The molecule has 1 aliphatic rings.